The minimum absolute atomic E-state index is 0.0826. The van der Waals surface area contributed by atoms with Gasteiger partial charge in [0.25, 0.3) is 0 Å². The first-order valence-corrected chi connectivity index (χ1v) is 7.37. The molecule has 0 heterocycles. The van der Waals surface area contributed by atoms with Crippen LogP contribution in [-0.2, 0) is 4.79 Å². The minimum atomic E-state index is -0.793. The third-order valence-electron chi connectivity index (χ3n) is 3.47. The molecule has 0 saturated carbocycles. The molecular weight excluding hydrogens is 324 g/mol. The third-order valence-corrected chi connectivity index (χ3v) is 4.45. The van der Waals surface area contributed by atoms with Crippen molar-refractivity contribution in [3.63, 3.8) is 0 Å². The third kappa shape index (κ3) is 3.76. The van der Waals surface area contributed by atoms with Crippen molar-refractivity contribution in [2.45, 2.75) is 33.2 Å². The topological polar surface area (TPSA) is 55.1 Å². The molecule has 0 aliphatic carbocycles. The standard InChI is InChI=1S/C14H19BrN2OS/c1-4-14(3,12(16)19)13(18)17-9(2)10-5-7-11(15)8-6-10/h5-9H,4H2,1-3H3,(H2,16,19)(H,17,18). The van der Waals surface area contributed by atoms with Gasteiger partial charge in [0.2, 0.25) is 5.91 Å². The van der Waals surface area contributed by atoms with Crippen LogP contribution >= 0.6 is 28.1 Å². The molecule has 1 aromatic rings. The van der Waals surface area contributed by atoms with Crippen LogP contribution in [0.2, 0.25) is 0 Å². The fraction of sp³-hybridized carbons (Fsp3) is 0.429. The Morgan fingerprint density at radius 3 is 2.42 bits per heavy atom. The molecule has 0 radical (unpaired) electrons. The molecule has 19 heavy (non-hydrogen) atoms. The van der Waals surface area contributed by atoms with Crippen LogP contribution in [0, 0.1) is 5.41 Å². The van der Waals surface area contributed by atoms with Crippen LogP contribution in [0.1, 0.15) is 38.8 Å². The molecule has 2 atom stereocenters. The summed E-state index contributed by atoms with van der Waals surface area (Å²) in [5.74, 6) is -0.127. The van der Waals surface area contributed by atoms with Crippen molar-refractivity contribution >= 4 is 39.0 Å². The van der Waals surface area contributed by atoms with Gasteiger partial charge >= 0.3 is 0 Å². The largest absolute Gasteiger partial charge is 0.392 e. The highest BCUT2D eigenvalue weighted by Crippen LogP contribution is 2.24. The Morgan fingerprint density at radius 1 is 1.47 bits per heavy atom. The van der Waals surface area contributed by atoms with E-state index in [0.29, 0.717) is 6.42 Å². The van der Waals surface area contributed by atoms with Gasteiger partial charge in [-0.2, -0.15) is 0 Å². The van der Waals surface area contributed by atoms with E-state index in [1.165, 1.54) is 0 Å². The Balaban J connectivity index is 2.81. The van der Waals surface area contributed by atoms with Crippen molar-refractivity contribution in [2.75, 3.05) is 0 Å². The lowest BCUT2D eigenvalue weighted by molar-refractivity contribution is -0.127. The fourth-order valence-electron chi connectivity index (χ4n) is 1.64. The zero-order chi connectivity index (χ0) is 14.6. The molecule has 1 aromatic carbocycles. The Kier molecular flexibility index (Phi) is 5.50. The monoisotopic (exact) mass is 342 g/mol. The maximum absolute atomic E-state index is 12.3. The van der Waals surface area contributed by atoms with Crippen molar-refractivity contribution in [1.29, 1.82) is 0 Å². The van der Waals surface area contributed by atoms with Gasteiger partial charge in [-0.3, -0.25) is 4.79 Å². The van der Waals surface area contributed by atoms with Crippen LogP contribution in [0.3, 0.4) is 0 Å². The molecule has 3 N–H and O–H groups in total. The average molecular weight is 343 g/mol. The van der Waals surface area contributed by atoms with Gasteiger partial charge in [-0.15, -0.1) is 0 Å². The number of carbonyl (C=O) groups excluding carboxylic acids is 1. The molecule has 1 rings (SSSR count). The van der Waals surface area contributed by atoms with Crippen LogP contribution in [0.4, 0.5) is 0 Å². The van der Waals surface area contributed by atoms with E-state index in [2.05, 4.69) is 21.2 Å². The minimum Gasteiger partial charge on any atom is -0.392 e. The molecule has 3 nitrogen and oxygen atoms in total. The van der Waals surface area contributed by atoms with Gasteiger partial charge in [-0.25, -0.2) is 0 Å². The van der Waals surface area contributed by atoms with E-state index in [0.717, 1.165) is 10.0 Å². The molecule has 0 fully saturated rings. The van der Waals surface area contributed by atoms with Crippen LogP contribution in [-0.4, -0.2) is 10.9 Å². The highest BCUT2D eigenvalue weighted by molar-refractivity contribution is 9.10. The van der Waals surface area contributed by atoms with Gasteiger partial charge in [0, 0.05) is 4.47 Å². The molecule has 0 aliphatic heterocycles. The molecule has 0 saturated heterocycles. The summed E-state index contributed by atoms with van der Waals surface area (Å²) in [5, 5.41) is 2.97. The fourth-order valence-corrected chi connectivity index (χ4v) is 2.14. The van der Waals surface area contributed by atoms with Crippen LogP contribution in [0.25, 0.3) is 0 Å². The molecule has 5 heteroatoms. The highest BCUT2D eigenvalue weighted by Gasteiger charge is 2.35. The van der Waals surface area contributed by atoms with E-state index in [9.17, 15) is 4.79 Å². The number of nitrogens with two attached hydrogens (primary N) is 1. The molecule has 2 unspecified atom stereocenters. The normalized spacial score (nSPS) is 15.4. The molecule has 0 spiro atoms. The number of halogens is 1. The summed E-state index contributed by atoms with van der Waals surface area (Å²) in [7, 11) is 0. The zero-order valence-electron chi connectivity index (χ0n) is 11.4. The van der Waals surface area contributed by atoms with Crippen LogP contribution < -0.4 is 11.1 Å². The number of thiocarbonyl (C=S) groups is 1. The number of carbonyl (C=O) groups is 1. The first-order chi connectivity index (χ1) is 8.81. The second-order valence-electron chi connectivity index (χ2n) is 4.80. The molecular formula is C14H19BrN2OS. The quantitative estimate of drug-likeness (QED) is 0.807. The number of amides is 1. The Morgan fingerprint density at radius 2 is 2.00 bits per heavy atom. The molecule has 104 valence electrons. The number of rotatable bonds is 5. The summed E-state index contributed by atoms with van der Waals surface area (Å²) < 4.78 is 1.01. The Labute approximate surface area is 128 Å². The van der Waals surface area contributed by atoms with E-state index in [1.807, 2.05) is 38.1 Å². The van der Waals surface area contributed by atoms with E-state index in [-0.39, 0.29) is 16.9 Å². The number of nitrogens with one attached hydrogen (secondary N) is 1. The molecule has 0 bridgehead atoms. The lowest BCUT2D eigenvalue weighted by Gasteiger charge is -2.27. The van der Waals surface area contributed by atoms with Crippen molar-refractivity contribution in [3.05, 3.63) is 34.3 Å². The predicted molar refractivity (Wildman–Crippen MR) is 85.9 cm³/mol. The lowest BCUT2D eigenvalue weighted by atomic mass is 9.86. The van der Waals surface area contributed by atoms with Gasteiger partial charge in [0.15, 0.2) is 0 Å². The average Bonchev–Trinajstić information content (AvgIpc) is 2.37. The summed E-state index contributed by atoms with van der Waals surface area (Å²) in [5.41, 5.74) is 5.93. The van der Waals surface area contributed by atoms with Crippen LogP contribution in [0.15, 0.2) is 28.7 Å². The molecule has 0 aliphatic rings. The zero-order valence-corrected chi connectivity index (χ0v) is 13.8. The molecule has 0 aromatic heterocycles. The van der Waals surface area contributed by atoms with E-state index < -0.39 is 5.41 Å². The van der Waals surface area contributed by atoms with Crippen LogP contribution in [0.5, 0.6) is 0 Å². The highest BCUT2D eigenvalue weighted by atomic mass is 79.9. The van der Waals surface area contributed by atoms with E-state index >= 15 is 0 Å². The summed E-state index contributed by atoms with van der Waals surface area (Å²) in [4.78, 5) is 12.5. The predicted octanol–water partition coefficient (Wildman–Crippen LogP) is 3.33. The lowest BCUT2D eigenvalue weighted by Crippen LogP contribution is -2.47. The summed E-state index contributed by atoms with van der Waals surface area (Å²) in [6, 6.07) is 7.76. The Bertz CT molecular complexity index is 475. The number of hydrogen-bond donors (Lipinski definition) is 2. The van der Waals surface area contributed by atoms with Crippen molar-refractivity contribution in [1.82, 2.24) is 5.32 Å². The first-order valence-electron chi connectivity index (χ1n) is 6.17. The molecule has 1 amide bonds. The summed E-state index contributed by atoms with van der Waals surface area (Å²) in [6.07, 6.45) is 0.585. The second-order valence-corrected chi connectivity index (χ2v) is 6.15. The van der Waals surface area contributed by atoms with Gasteiger partial charge in [-0.1, -0.05) is 47.2 Å². The van der Waals surface area contributed by atoms with Crippen molar-refractivity contribution in [2.24, 2.45) is 11.1 Å². The number of hydrogen-bond acceptors (Lipinski definition) is 2. The summed E-state index contributed by atoms with van der Waals surface area (Å²) >= 11 is 8.39. The number of benzene rings is 1. The SMILES string of the molecule is CCC(C)(C(=O)NC(C)c1ccc(Br)cc1)C(N)=S. The smallest absolute Gasteiger partial charge is 0.233 e. The Hall–Kier alpha value is -0.940. The second kappa shape index (κ2) is 6.48. The maximum atomic E-state index is 12.3. The van der Waals surface area contributed by atoms with E-state index in [4.69, 9.17) is 18.0 Å². The van der Waals surface area contributed by atoms with Gasteiger partial charge in [0.1, 0.15) is 0 Å². The van der Waals surface area contributed by atoms with Gasteiger partial charge in [0.05, 0.1) is 16.4 Å². The van der Waals surface area contributed by atoms with E-state index in [1.54, 1.807) is 6.92 Å². The van der Waals surface area contributed by atoms with Gasteiger partial charge in [-0.05, 0) is 38.0 Å². The summed E-state index contributed by atoms with van der Waals surface area (Å²) in [6.45, 7) is 5.62. The maximum Gasteiger partial charge on any atom is 0.233 e. The van der Waals surface area contributed by atoms with Crippen molar-refractivity contribution in [3.8, 4) is 0 Å². The van der Waals surface area contributed by atoms with Crippen molar-refractivity contribution < 1.29 is 4.79 Å². The van der Waals surface area contributed by atoms with Gasteiger partial charge < -0.3 is 11.1 Å². The first kappa shape index (κ1) is 16.1.